The number of aliphatic carboxylic acids is 1. The largest absolute Gasteiger partial charge is 0.481 e. The van der Waals surface area contributed by atoms with Gasteiger partial charge in [-0.25, -0.2) is 0 Å². The van der Waals surface area contributed by atoms with Crippen LogP contribution in [0.25, 0.3) is 0 Å². The second-order valence-electron chi connectivity index (χ2n) is 7.02. The average molecular weight is 298 g/mol. The van der Waals surface area contributed by atoms with Gasteiger partial charge in [0.15, 0.2) is 0 Å². The molecule has 0 fully saturated rings. The van der Waals surface area contributed by atoms with E-state index in [0.29, 0.717) is 0 Å². The number of carboxylic acid groups (broad SMARTS) is 1. The number of carbonyl (C=O) groups is 3. The summed E-state index contributed by atoms with van der Waals surface area (Å²) in [7, 11) is 0. The standard InChI is InChI=1S/C15H26N2O4/c1-8-10(18)16-15(6,7)11(19)17-14(4,5)9-13(2,3)12(20)21/h8H,1,9H2,2-7H3,(H,16,18)(H,17,19)(H,20,21). The molecule has 3 N–H and O–H groups in total. The Kier molecular flexibility index (Phi) is 5.73. The first-order chi connectivity index (χ1) is 9.23. The summed E-state index contributed by atoms with van der Waals surface area (Å²) in [6.45, 7) is 13.2. The lowest BCUT2D eigenvalue weighted by Crippen LogP contribution is -2.59. The molecule has 0 saturated carbocycles. The van der Waals surface area contributed by atoms with E-state index in [0.717, 1.165) is 6.08 Å². The van der Waals surface area contributed by atoms with Crippen LogP contribution in [0.5, 0.6) is 0 Å². The van der Waals surface area contributed by atoms with Crippen molar-refractivity contribution >= 4 is 17.8 Å². The van der Waals surface area contributed by atoms with Gasteiger partial charge in [0, 0.05) is 5.54 Å². The number of nitrogens with one attached hydrogen (secondary N) is 2. The zero-order valence-corrected chi connectivity index (χ0v) is 13.7. The van der Waals surface area contributed by atoms with E-state index < -0.39 is 28.4 Å². The van der Waals surface area contributed by atoms with Crippen molar-refractivity contribution in [2.24, 2.45) is 5.41 Å². The van der Waals surface area contributed by atoms with E-state index in [1.807, 2.05) is 0 Å². The summed E-state index contributed by atoms with van der Waals surface area (Å²) in [5, 5.41) is 14.5. The van der Waals surface area contributed by atoms with Gasteiger partial charge in [0.05, 0.1) is 5.41 Å². The monoisotopic (exact) mass is 298 g/mol. The van der Waals surface area contributed by atoms with Gasteiger partial charge in [-0.2, -0.15) is 0 Å². The van der Waals surface area contributed by atoms with E-state index in [-0.39, 0.29) is 12.3 Å². The summed E-state index contributed by atoms with van der Waals surface area (Å²) in [5.74, 6) is -1.76. The van der Waals surface area contributed by atoms with Crippen LogP contribution >= 0.6 is 0 Å². The summed E-state index contributed by atoms with van der Waals surface area (Å²) in [4.78, 5) is 34.8. The third-order valence-corrected chi connectivity index (χ3v) is 3.10. The smallest absolute Gasteiger partial charge is 0.309 e. The Balaban J connectivity index is 4.93. The SMILES string of the molecule is C=CC(=O)NC(C)(C)C(=O)NC(C)(C)CC(C)(C)C(=O)O. The zero-order chi connectivity index (χ0) is 17.1. The quantitative estimate of drug-likeness (QED) is 0.620. The van der Waals surface area contributed by atoms with Crippen molar-refractivity contribution in [3.63, 3.8) is 0 Å². The molecule has 2 amide bonds. The van der Waals surface area contributed by atoms with Crippen molar-refractivity contribution in [3.05, 3.63) is 12.7 Å². The predicted molar refractivity (Wildman–Crippen MR) is 80.7 cm³/mol. The molecular formula is C15H26N2O4. The lowest BCUT2D eigenvalue weighted by molar-refractivity contribution is -0.148. The van der Waals surface area contributed by atoms with Gasteiger partial charge < -0.3 is 15.7 Å². The van der Waals surface area contributed by atoms with Crippen LogP contribution in [-0.2, 0) is 14.4 Å². The topological polar surface area (TPSA) is 95.5 Å². The fourth-order valence-electron chi connectivity index (χ4n) is 2.10. The van der Waals surface area contributed by atoms with Crippen LogP contribution in [0.4, 0.5) is 0 Å². The number of hydrogen-bond donors (Lipinski definition) is 3. The highest BCUT2D eigenvalue weighted by atomic mass is 16.4. The minimum Gasteiger partial charge on any atom is -0.481 e. The third kappa shape index (κ3) is 5.97. The second-order valence-corrected chi connectivity index (χ2v) is 7.02. The average Bonchev–Trinajstić information content (AvgIpc) is 2.25. The molecule has 0 aliphatic rings. The molecule has 0 atom stereocenters. The van der Waals surface area contributed by atoms with Crippen LogP contribution in [-0.4, -0.2) is 34.0 Å². The Morgan fingerprint density at radius 3 is 1.90 bits per heavy atom. The van der Waals surface area contributed by atoms with Gasteiger partial charge in [0.1, 0.15) is 5.54 Å². The van der Waals surface area contributed by atoms with Crippen LogP contribution in [0.3, 0.4) is 0 Å². The van der Waals surface area contributed by atoms with Crippen molar-refractivity contribution in [1.82, 2.24) is 10.6 Å². The van der Waals surface area contributed by atoms with Gasteiger partial charge in [0.2, 0.25) is 11.8 Å². The summed E-state index contributed by atoms with van der Waals surface area (Å²) in [6, 6.07) is 0. The molecule has 21 heavy (non-hydrogen) atoms. The van der Waals surface area contributed by atoms with Crippen molar-refractivity contribution in [1.29, 1.82) is 0 Å². The van der Waals surface area contributed by atoms with E-state index in [4.69, 9.17) is 5.11 Å². The molecule has 0 radical (unpaired) electrons. The summed E-state index contributed by atoms with van der Waals surface area (Å²) in [5.41, 5.74) is -2.81. The first-order valence-corrected chi connectivity index (χ1v) is 6.74. The first-order valence-electron chi connectivity index (χ1n) is 6.74. The van der Waals surface area contributed by atoms with Gasteiger partial charge in [-0.1, -0.05) is 6.58 Å². The molecule has 0 heterocycles. The van der Waals surface area contributed by atoms with E-state index in [2.05, 4.69) is 17.2 Å². The molecule has 0 aromatic rings. The molecule has 0 aromatic heterocycles. The highest BCUT2D eigenvalue weighted by Crippen LogP contribution is 2.28. The van der Waals surface area contributed by atoms with Crippen LogP contribution in [0.2, 0.25) is 0 Å². The molecule has 6 nitrogen and oxygen atoms in total. The molecule has 6 heteroatoms. The predicted octanol–water partition coefficient (Wildman–Crippen LogP) is 1.46. The number of carbonyl (C=O) groups excluding carboxylic acids is 2. The number of rotatable bonds is 7. The Bertz CT molecular complexity index is 451. The zero-order valence-electron chi connectivity index (χ0n) is 13.7. The maximum absolute atomic E-state index is 12.3. The summed E-state index contributed by atoms with van der Waals surface area (Å²) >= 11 is 0. The number of hydrogen-bond acceptors (Lipinski definition) is 3. The van der Waals surface area contributed by atoms with E-state index in [9.17, 15) is 14.4 Å². The molecule has 0 bridgehead atoms. The van der Waals surface area contributed by atoms with Gasteiger partial charge in [-0.3, -0.25) is 14.4 Å². The maximum atomic E-state index is 12.3. The normalized spacial score (nSPS) is 12.5. The Morgan fingerprint density at radius 1 is 1.05 bits per heavy atom. The lowest BCUT2D eigenvalue weighted by atomic mass is 9.80. The summed E-state index contributed by atoms with van der Waals surface area (Å²) in [6.07, 6.45) is 1.35. The molecule has 120 valence electrons. The fourth-order valence-corrected chi connectivity index (χ4v) is 2.10. The van der Waals surface area contributed by atoms with Crippen molar-refractivity contribution in [2.45, 2.75) is 59.0 Å². The fraction of sp³-hybridized carbons (Fsp3) is 0.667. The molecule has 0 saturated heterocycles. The third-order valence-electron chi connectivity index (χ3n) is 3.10. The van der Waals surface area contributed by atoms with Crippen LogP contribution in [0.15, 0.2) is 12.7 Å². The second kappa shape index (κ2) is 6.28. The van der Waals surface area contributed by atoms with Crippen molar-refractivity contribution < 1.29 is 19.5 Å². The molecule has 0 spiro atoms. The highest BCUT2D eigenvalue weighted by molar-refractivity contribution is 5.94. The van der Waals surface area contributed by atoms with Crippen molar-refractivity contribution in [2.75, 3.05) is 0 Å². The Hall–Kier alpha value is -1.85. The molecule has 0 aliphatic carbocycles. The molecule has 0 unspecified atom stereocenters. The van der Waals surface area contributed by atoms with Crippen LogP contribution in [0, 0.1) is 5.41 Å². The molecule has 0 aliphatic heterocycles. The maximum Gasteiger partial charge on any atom is 0.309 e. The minimum absolute atomic E-state index is 0.257. The molecule has 0 aromatic carbocycles. The van der Waals surface area contributed by atoms with Crippen LogP contribution < -0.4 is 10.6 Å². The highest BCUT2D eigenvalue weighted by Gasteiger charge is 2.38. The van der Waals surface area contributed by atoms with Gasteiger partial charge in [-0.05, 0) is 54.0 Å². The van der Waals surface area contributed by atoms with Gasteiger partial charge in [0.25, 0.3) is 0 Å². The van der Waals surface area contributed by atoms with E-state index in [1.54, 1.807) is 41.5 Å². The number of amides is 2. The summed E-state index contributed by atoms with van der Waals surface area (Å²) < 4.78 is 0. The van der Waals surface area contributed by atoms with Gasteiger partial charge in [-0.15, -0.1) is 0 Å². The Morgan fingerprint density at radius 2 is 1.52 bits per heavy atom. The lowest BCUT2D eigenvalue weighted by Gasteiger charge is -2.36. The number of carboxylic acids is 1. The van der Waals surface area contributed by atoms with E-state index in [1.165, 1.54) is 0 Å². The molecule has 0 rings (SSSR count). The van der Waals surface area contributed by atoms with Crippen LogP contribution in [0.1, 0.15) is 48.0 Å². The molecular weight excluding hydrogens is 272 g/mol. The van der Waals surface area contributed by atoms with Gasteiger partial charge >= 0.3 is 5.97 Å². The Labute approximate surface area is 126 Å². The minimum atomic E-state index is -1.12. The first kappa shape index (κ1) is 19.1. The van der Waals surface area contributed by atoms with Crippen molar-refractivity contribution in [3.8, 4) is 0 Å². The van der Waals surface area contributed by atoms with E-state index >= 15 is 0 Å².